The van der Waals surface area contributed by atoms with Crippen molar-refractivity contribution in [1.29, 1.82) is 0 Å². The van der Waals surface area contributed by atoms with Crippen LogP contribution in [0.2, 0.25) is 0 Å². The molecule has 1 aliphatic heterocycles. The van der Waals surface area contributed by atoms with Crippen molar-refractivity contribution in [3.05, 3.63) is 41.7 Å². The maximum atomic E-state index is 12.0. The van der Waals surface area contributed by atoms with Crippen molar-refractivity contribution in [1.82, 2.24) is 15.5 Å². The van der Waals surface area contributed by atoms with Crippen LogP contribution in [-0.4, -0.2) is 35.9 Å². The molecule has 2 aromatic rings. The molecule has 6 heteroatoms. The van der Waals surface area contributed by atoms with Crippen molar-refractivity contribution >= 4 is 5.91 Å². The third-order valence-corrected chi connectivity index (χ3v) is 3.27. The second-order valence-electron chi connectivity index (χ2n) is 4.62. The number of carbonyl (C=O) groups excluding carboxylic acids is 1. The Morgan fingerprint density at radius 1 is 1.55 bits per heavy atom. The lowest BCUT2D eigenvalue weighted by Gasteiger charge is -2.27. The minimum absolute atomic E-state index is 0.0583. The summed E-state index contributed by atoms with van der Waals surface area (Å²) in [4.78, 5) is 12.0. The van der Waals surface area contributed by atoms with E-state index >= 15 is 0 Å². The first-order valence-electron chi connectivity index (χ1n) is 6.36. The van der Waals surface area contributed by atoms with Crippen molar-refractivity contribution in [3.63, 3.8) is 0 Å². The number of benzene rings is 1. The number of para-hydroxylation sites is 1. The van der Waals surface area contributed by atoms with Crippen molar-refractivity contribution < 1.29 is 14.3 Å². The smallest absolute Gasteiger partial charge is 0.254 e. The van der Waals surface area contributed by atoms with E-state index in [0.29, 0.717) is 12.2 Å². The summed E-state index contributed by atoms with van der Waals surface area (Å²) in [5.74, 6) is 1.34. The Labute approximate surface area is 116 Å². The van der Waals surface area contributed by atoms with E-state index in [1.807, 2.05) is 18.2 Å². The minimum atomic E-state index is -0.154. The summed E-state index contributed by atoms with van der Waals surface area (Å²) in [6.07, 6.45) is 3.78. The van der Waals surface area contributed by atoms with Crippen molar-refractivity contribution in [2.24, 2.45) is 0 Å². The molecule has 1 unspecified atom stereocenters. The number of aromatic amines is 1. The Morgan fingerprint density at radius 3 is 3.20 bits per heavy atom. The second-order valence-corrected chi connectivity index (χ2v) is 4.62. The number of carbonyl (C=O) groups is 1. The molecule has 0 saturated carbocycles. The lowest BCUT2D eigenvalue weighted by atomic mass is 10.0. The predicted octanol–water partition coefficient (Wildman–Crippen LogP) is 1.15. The summed E-state index contributed by atoms with van der Waals surface area (Å²) < 4.78 is 11.0. The molecule has 0 fully saturated rings. The van der Waals surface area contributed by atoms with Crippen LogP contribution in [0.4, 0.5) is 0 Å². The fourth-order valence-corrected chi connectivity index (χ4v) is 2.29. The normalized spacial score (nSPS) is 16.9. The van der Waals surface area contributed by atoms with E-state index in [1.54, 1.807) is 13.3 Å². The Kier molecular flexibility index (Phi) is 3.28. The van der Waals surface area contributed by atoms with Crippen LogP contribution >= 0.6 is 0 Å². The summed E-state index contributed by atoms with van der Waals surface area (Å²) in [5, 5.41) is 9.32. The van der Waals surface area contributed by atoms with Gasteiger partial charge in [-0.1, -0.05) is 12.1 Å². The number of ether oxygens (including phenoxy) is 2. The van der Waals surface area contributed by atoms with Crippen molar-refractivity contribution in [2.45, 2.75) is 12.5 Å². The van der Waals surface area contributed by atoms with Gasteiger partial charge in [-0.05, 0) is 12.5 Å². The largest absolute Gasteiger partial charge is 0.493 e. The molecule has 1 aromatic heterocycles. The highest BCUT2D eigenvalue weighted by Crippen LogP contribution is 2.34. The Bertz CT molecular complexity index is 610. The standard InChI is InChI=1S/C14H15N3O3/c1-19-12-4-2-3-9-5-11(8-20-13(9)12)17-14(18)10-6-15-16-7-10/h2-4,6-7,11H,5,8H2,1H3,(H,15,16)(H,17,18). The summed E-state index contributed by atoms with van der Waals surface area (Å²) in [5.41, 5.74) is 1.55. The Hall–Kier alpha value is -2.50. The SMILES string of the molecule is COc1cccc2c1OCC(NC(=O)c1cn[nH]c1)C2. The maximum absolute atomic E-state index is 12.0. The topological polar surface area (TPSA) is 76.2 Å². The molecule has 0 aliphatic carbocycles. The average Bonchev–Trinajstić information content (AvgIpc) is 3.00. The molecular formula is C14H15N3O3. The zero-order valence-electron chi connectivity index (χ0n) is 11.1. The van der Waals surface area contributed by atoms with Gasteiger partial charge in [0.15, 0.2) is 11.5 Å². The van der Waals surface area contributed by atoms with E-state index in [2.05, 4.69) is 15.5 Å². The predicted molar refractivity (Wildman–Crippen MR) is 72.0 cm³/mol. The third kappa shape index (κ3) is 2.32. The minimum Gasteiger partial charge on any atom is -0.493 e. The summed E-state index contributed by atoms with van der Waals surface area (Å²) in [6, 6.07) is 5.70. The van der Waals surface area contributed by atoms with Gasteiger partial charge in [-0.3, -0.25) is 9.89 Å². The van der Waals surface area contributed by atoms with Gasteiger partial charge in [-0.15, -0.1) is 0 Å². The van der Waals surface area contributed by atoms with Gasteiger partial charge in [0.05, 0.1) is 24.9 Å². The van der Waals surface area contributed by atoms with E-state index in [1.165, 1.54) is 6.20 Å². The highest BCUT2D eigenvalue weighted by molar-refractivity contribution is 5.93. The zero-order chi connectivity index (χ0) is 13.9. The van der Waals surface area contributed by atoms with Crippen molar-refractivity contribution in [2.75, 3.05) is 13.7 Å². The summed E-state index contributed by atoms with van der Waals surface area (Å²) in [6.45, 7) is 0.428. The van der Waals surface area contributed by atoms with E-state index in [-0.39, 0.29) is 11.9 Å². The van der Waals surface area contributed by atoms with Crippen LogP contribution in [0, 0.1) is 0 Å². The van der Waals surface area contributed by atoms with Crippen LogP contribution in [0.5, 0.6) is 11.5 Å². The number of hydrogen-bond acceptors (Lipinski definition) is 4. The van der Waals surface area contributed by atoms with E-state index in [4.69, 9.17) is 9.47 Å². The molecule has 2 heterocycles. The number of fused-ring (bicyclic) bond motifs is 1. The molecule has 0 saturated heterocycles. The van der Waals surface area contributed by atoms with Crippen LogP contribution < -0.4 is 14.8 Å². The molecule has 104 valence electrons. The van der Waals surface area contributed by atoms with Crippen LogP contribution in [0.3, 0.4) is 0 Å². The molecule has 20 heavy (non-hydrogen) atoms. The van der Waals surface area contributed by atoms with Crippen LogP contribution in [0.1, 0.15) is 15.9 Å². The van der Waals surface area contributed by atoms with Crippen LogP contribution in [0.25, 0.3) is 0 Å². The molecule has 0 spiro atoms. The first-order valence-corrected chi connectivity index (χ1v) is 6.36. The molecule has 0 bridgehead atoms. The summed E-state index contributed by atoms with van der Waals surface area (Å²) >= 11 is 0. The van der Waals surface area contributed by atoms with Crippen LogP contribution in [-0.2, 0) is 6.42 Å². The van der Waals surface area contributed by atoms with Gasteiger partial charge in [0, 0.05) is 11.8 Å². The number of amides is 1. The monoisotopic (exact) mass is 273 g/mol. The maximum Gasteiger partial charge on any atom is 0.254 e. The van der Waals surface area contributed by atoms with Gasteiger partial charge in [0.2, 0.25) is 0 Å². The Morgan fingerprint density at radius 2 is 2.45 bits per heavy atom. The van der Waals surface area contributed by atoms with Gasteiger partial charge in [0.1, 0.15) is 6.61 Å². The fourth-order valence-electron chi connectivity index (χ4n) is 2.29. The molecule has 2 N–H and O–H groups in total. The molecule has 0 radical (unpaired) electrons. The van der Waals surface area contributed by atoms with E-state index < -0.39 is 0 Å². The van der Waals surface area contributed by atoms with E-state index in [9.17, 15) is 4.79 Å². The van der Waals surface area contributed by atoms with Gasteiger partial charge in [-0.25, -0.2) is 0 Å². The van der Waals surface area contributed by atoms with Crippen LogP contribution in [0.15, 0.2) is 30.6 Å². The van der Waals surface area contributed by atoms with Gasteiger partial charge in [-0.2, -0.15) is 5.10 Å². The molecule has 6 nitrogen and oxygen atoms in total. The number of rotatable bonds is 3. The Balaban J connectivity index is 1.71. The average molecular weight is 273 g/mol. The van der Waals surface area contributed by atoms with Gasteiger partial charge in [0.25, 0.3) is 5.91 Å². The lowest BCUT2D eigenvalue weighted by Crippen LogP contribution is -2.42. The number of nitrogens with zero attached hydrogens (tertiary/aromatic N) is 1. The zero-order valence-corrected chi connectivity index (χ0v) is 11.1. The van der Waals surface area contributed by atoms with Gasteiger partial charge < -0.3 is 14.8 Å². The number of H-pyrrole nitrogens is 1. The third-order valence-electron chi connectivity index (χ3n) is 3.27. The number of nitrogens with one attached hydrogen (secondary N) is 2. The first kappa shape index (κ1) is 12.5. The number of hydrogen-bond donors (Lipinski definition) is 2. The molecule has 3 rings (SSSR count). The van der Waals surface area contributed by atoms with Gasteiger partial charge >= 0.3 is 0 Å². The second kappa shape index (κ2) is 5.24. The first-order chi connectivity index (χ1) is 9.78. The number of aromatic nitrogens is 2. The highest BCUT2D eigenvalue weighted by atomic mass is 16.5. The molecule has 1 aromatic carbocycles. The molecule has 1 aliphatic rings. The summed E-state index contributed by atoms with van der Waals surface area (Å²) in [7, 11) is 1.62. The quantitative estimate of drug-likeness (QED) is 0.879. The fraction of sp³-hybridized carbons (Fsp3) is 0.286. The molecule has 1 atom stereocenters. The molecular weight excluding hydrogens is 258 g/mol. The molecule has 1 amide bonds. The number of methoxy groups -OCH3 is 1. The van der Waals surface area contributed by atoms with E-state index in [0.717, 1.165) is 23.5 Å². The highest BCUT2D eigenvalue weighted by Gasteiger charge is 2.24. The van der Waals surface area contributed by atoms with Crippen molar-refractivity contribution in [3.8, 4) is 11.5 Å². The lowest BCUT2D eigenvalue weighted by molar-refractivity contribution is 0.0914.